The minimum absolute atomic E-state index is 0.215. The topological polar surface area (TPSA) is 76.9 Å². The third-order valence-electron chi connectivity index (χ3n) is 3.07. The number of hydrogen-bond acceptors (Lipinski definition) is 4. The Balaban J connectivity index is 1.89. The first-order valence-corrected chi connectivity index (χ1v) is 6.52. The van der Waals surface area contributed by atoms with E-state index in [0.29, 0.717) is 5.82 Å². The summed E-state index contributed by atoms with van der Waals surface area (Å²) in [6.45, 7) is 2.02. The Morgan fingerprint density at radius 2 is 1.95 bits per heavy atom. The maximum absolute atomic E-state index is 9.25. The van der Waals surface area contributed by atoms with Gasteiger partial charge in [-0.2, -0.15) is 10.4 Å². The van der Waals surface area contributed by atoms with E-state index < -0.39 is 0 Å². The van der Waals surface area contributed by atoms with Crippen LogP contribution in [0.3, 0.4) is 0 Å². The second kappa shape index (κ2) is 5.47. The Labute approximate surface area is 122 Å². The van der Waals surface area contributed by atoms with Gasteiger partial charge in [0.05, 0.1) is 16.7 Å². The standard InChI is InChI=1S/C16H13N5/c1-11-6-8-12(9-7-11)20-21-15(10-17)16-18-13-4-2-3-5-14(13)19-16/h2-9,20H,1H3,(H,18,19)/b21-15+. The molecule has 0 spiro atoms. The number of nitrogens with one attached hydrogen (secondary N) is 2. The smallest absolute Gasteiger partial charge is 0.203 e. The molecule has 0 radical (unpaired) electrons. The molecule has 0 atom stereocenters. The number of fused-ring (bicyclic) bond motifs is 1. The van der Waals surface area contributed by atoms with Crippen molar-refractivity contribution in [1.82, 2.24) is 9.97 Å². The Kier molecular flexibility index (Phi) is 3.36. The quantitative estimate of drug-likeness (QED) is 0.569. The number of nitrogens with zero attached hydrogens (tertiary/aromatic N) is 3. The van der Waals surface area contributed by atoms with Crippen LogP contribution < -0.4 is 5.43 Å². The largest absolute Gasteiger partial charge is 0.336 e. The van der Waals surface area contributed by atoms with Crippen molar-refractivity contribution in [2.45, 2.75) is 6.92 Å². The third-order valence-corrected chi connectivity index (χ3v) is 3.07. The molecule has 0 saturated carbocycles. The van der Waals surface area contributed by atoms with Crippen LogP contribution in [0.15, 0.2) is 53.6 Å². The van der Waals surface area contributed by atoms with Crippen LogP contribution in [0.5, 0.6) is 0 Å². The number of imidazole rings is 1. The maximum atomic E-state index is 9.25. The minimum Gasteiger partial charge on any atom is -0.336 e. The third kappa shape index (κ3) is 2.74. The predicted molar refractivity (Wildman–Crippen MR) is 83.0 cm³/mol. The molecule has 2 N–H and O–H groups in total. The molecule has 2 aromatic carbocycles. The van der Waals surface area contributed by atoms with E-state index in [1.54, 1.807) is 0 Å². The number of nitriles is 1. The fraction of sp³-hybridized carbons (Fsp3) is 0.0625. The van der Waals surface area contributed by atoms with Gasteiger partial charge in [-0.1, -0.05) is 29.8 Å². The van der Waals surface area contributed by atoms with Gasteiger partial charge in [0.2, 0.25) is 5.71 Å². The molecule has 3 aromatic rings. The van der Waals surface area contributed by atoms with Crippen molar-refractivity contribution < 1.29 is 0 Å². The number of para-hydroxylation sites is 2. The van der Waals surface area contributed by atoms with E-state index in [1.165, 1.54) is 5.56 Å². The number of benzene rings is 2. The molecule has 1 heterocycles. The summed E-state index contributed by atoms with van der Waals surface area (Å²) in [4.78, 5) is 7.45. The summed E-state index contributed by atoms with van der Waals surface area (Å²) in [6.07, 6.45) is 0. The fourth-order valence-corrected chi connectivity index (χ4v) is 1.94. The van der Waals surface area contributed by atoms with Crippen molar-refractivity contribution in [3.8, 4) is 6.07 Å². The molecule has 3 rings (SSSR count). The number of anilines is 1. The van der Waals surface area contributed by atoms with E-state index in [9.17, 15) is 5.26 Å². The van der Waals surface area contributed by atoms with Crippen molar-refractivity contribution in [2.75, 3.05) is 5.43 Å². The van der Waals surface area contributed by atoms with Crippen LogP contribution in [0.2, 0.25) is 0 Å². The van der Waals surface area contributed by atoms with Gasteiger partial charge < -0.3 is 4.98 Å². The highest BCUT2D eigenvalue weighted by molar-refractivity contribution is 6.10. The second-order valence-corrected chi connectivity index (χ2v) is 4.65. The monoisotopic (exact) mass is 275 g/mol. The van der Waals surface area contributed by atoms with Crippen LogP contribution in [0, 0.1) is 18.3 Å². The van der Waals surface area contributed by atoms with E-state index in [2.05, 4.69) is 26.6 Å². The summed E-state index contributed by atoms with van der Waals surface area (Å²) in [5.74, 6) is 0.457. The SMILES string of the molecule is Cc1ccc(N/N=C(\C#N)c2nc3ccccc3[nH]2)cc1. The Hall–Kier alpha value is -3.13. The number of hydrazone groups is 1. The van der Waals surface area contributed by atoms with Gasteiger partial charge in [-0.05, 0) is 31.2 Å². The lowest BCUT2D eigenvalue weighted by atomic mass is 10.2. The summed E-state index contributed by atoms with van der Waals surface area (Å²) in [5.41, 5.74) is 6.77. The summed E-state index contributed by atoms with van der Waals surface area (Å²) < 4.78 is 0. The highest BCUT2D eigenvalue weighted by atomic mass is 15.3. The van der Waals surface area contributed by atoms with Crippen LogP contribution in [-0.2, 0) is 0 Å². The predicted octanol–water partition coefficient (Wildman–Crippen LogP) is 3.21. The van der Waals surface area contributed by atoms with E-state index in [1.807, 2.05) is 55.5 Å². The Morgan fingerprint density at radius 3 is 2.67 bits per heavy atom. The Morgan fingerprint density at radius 1 is 1.19 bits per heavy atom. The van der Waals surface area contributed by atoms with Crippen LogP contribution in [0.4, 0.5) is 5.69 Å². The van der Waals surface area contributed by atoms with Gasteiger partial charge in [0.1, 0.15) is 6.07 Å². The molecule has 0 aliphatic carbocycles. The number of aromatic amines is 1. The van der Waals surface area contributed by atoms with Gasteiger partial charge in [0, 0.05) is 0 Å². The summed E-state index contributed by atoms with van der Waals surface area (Å²) in [6, 6.07) is 17.4. The van der Waals surface area contributed by atoms with Gasteiger partial charge in [-0.3, -0.25) is 5.43 Å². The lowest BCUT2D eigenvalue weighted by Gasteiger charge is -2.00. The van der Waals surface area contributed by atoms with Crippen LogP contribution in [0.25, 0.3) is 11.0 Å². The molecule has 21 heavy (non-hydrogen) atoms. The lowest BCUT2D eigenvalue weighted by Crippen LogP contribution is -2.03. The maximum Gasteiger partial charge on any atom is 0.203 e. The molecule has 0 saturated heterocycles. The molecule has 0 aliphatic heterocycles. The first-order chi connectivity index (χ1) is 10.3. The van der Waals surface area contributed by atoms with E-state index >= 15 is 0 Å². The average Bonchev–Trinajstić information content (AvgIpc) is 2.93. The van der Waals surface area contributed by atoms with E-state index in [4.69, 9.17) is 0 Å². The van der Waals surface area contributed by atoms with Gasteiger partial charge in [-0.25, -0.2) is 4.98 Å². The zero-order chi connectivity index (χ0) is 14.7. The number of aryl methyl sites for hydroxylation is 1. The van der Waals surface area contributed by atoms with Crippen LogP contribution in [-0.4, -0.2) is 15.7 Å². The summed E-state index contributed by atoms with van der Waals surface area (Å²) >= 11 is 0. The average molecular weight is 275 g/mol. The van der Waals surface area contributed by atoms with Crippen LogP contribution >= 0.6 is 0 Å². The molecule has 0 unspecified atom stereocenters. The van der Waals surface area contributed by atoms with Gasteiger partial charge in [-0.15, -0.1) is 0 Å². The highest BCUT2D eigenvalue weighted by Crippen LogP contribution is 2.12. The number of rotatable bonds is 3. The van der Waals surface area contributed by atoms with Crippen molar-refractivity contribution >= 4 is 22.4 Å². The zero-order valence-electron chi connectivity index (χ0n) is 11.5. The van der Waals surface area contributed by atoms with E-state index in [-0.39, 0.29) is 5.71 Å². The molecule has 102 valence electrons. The highest BCUT2D eigenvalue weighted by Gasteiger charge is 2.08. The van der Waals surface area contributed by atoms with Crippen LogP contribution in [0.1, 0.15) is 11.4 Å². The molecule has 1 aromatic heterocycles. The first-order valence-electron chi connectivity index (χ1n) is 6.52. The molecule has 5 heteroatoms. The lowest BCUT2D eigenvalue weighted by molar-refractivity contribution is 1.25. The zero-order valence-corrected chi connectivity index (χ0v) is 11.5. The summed E-state index contributed by atoms with van der Waals surface area (Å²) in [7, 11) is 0. The minimum atomic E-state index is 0.215. The van der Waals surface area contributed by atoms with Crippen molar-refractivity contribution in [3.05, 3.63) is 59.9 Å². The number of hydrogen-bond donors (Lipinski definition) is 2. The number of aromatic nitrogens is 2. The molecule has 0 bridgehead atoms. The van der Waals surface area contributed by atoms with Crippen molar-refractivity contribution in [3.63, 3.8) is 0 Å². The molecular formula is C16H13N5. The summed E-state index contributed by atoms with van der Waals surface area (Å²) in [5, 5.41) is 13.4. The second-order valence-electron chi connectivity index (χ2n) is 4.65. The molecule has 5 nitrogen and oxygen atoms in total. The van der Waals surface area contributed by atoms with E-state index in [0.717, 1.165) is 16.7 Å². The number of H-pyrrole nitrogens is 1. The normalized spacial score (nSPS) is 11.3. The first kappa shape index (κ1) is 12.9. The van der Waals surface area contributed by atoms with Gasteiger partial charge in [0.25, 0.3) is 0 Å². The van der Waals surface area contributed by atoms with Gasteiger partial charge >= 0.3 is 0 Å². The molecular weight excluding hydrogens is 262 g/mol. The van der Waals surface area contributed by atoms with Crippen molar-refractivity contribution in [2.24, 2.45) is 5.10 Å². The Bertz CT molecular complexity index is 804. The fourth-order valence-electron chi connectivity index (χ4n) is 1.94. The van der Waals surface area contributed by atoms with Gasteiger partial charge in [0.15, 0.2) is 5.82 Å². The molecule has 0 fully saturated rings. The molecule has 0 amide bonds. The molecule has 0 aliphatic rings. The van der Waals surface area contributed by atoms with Crippen molar-refractivity contribution in [1.29, 1.82) is 5.26 Å².